The summed E-state index contributed by atoms with van der Waals surface area (Å²) < 4.78 is 16.0. The standard InChI is InChI=1S/C21H44N3O2P/c1-11-20(7)21(8,12-2)26-27(25-20)24(14-13-23(9)10)17-15-18(3,4)22-19(5,6)16-17/h17,22H,11-16H2,1-10H3. The summed E-state index contributed by atoms with van der Waals surface area (Å²) >= 11 is 0. The molecule has 0 radical (unpaired) electrons. The van der Waals surface area contributed by atoms with Crippen LogP contribution >= 0.6 is 8.53 Å². The Morgan fingerprint density at radius 3 is 1.67 bits per heavy atom. The number of nitrogens with one attached hydrogen (secondary N) is 1. The van der Waals surface area contributed by atoms with Gasteiger partial charge < -0.3 is 19.3 Å². The highest BCUT2D eigenvalue weighted by Crippen LogP contribution is 2.63. The first-order valence-electron chi connectivity index (χ1n) is 10.7. The molecule has 6 heteroatoms. The van der Waals surface area contributed by atoms with Crippen LogP contribution in [0.4, 0.5) is 0 Å². The smallest absolute Gasteiger partial charge is 0.260 e. The molecule has 2 saturated heterocycles. The summed E-state index contributed by atoms with van der Waals surface area (Å²) in [6, 6.07) is 0.461. The predicted molar refractivity (Wildman–Crippen MR) is 116 cm³/mol. The van der Waals surface area contributed by atoms with E-state index in [1.165, 1.54) is 0 Å². The molecule has 27 heavy (non-hydrogen) atoms. The molecule has 0 aromatic carbocycles. The third-order valence-corrected chi connectivity index (χ3v) is 8.67. The van der Waals surface area contributed by atoms with Crippen molar-refractivity contribution in [2.75, 3.05) is 27.2 Å². The molecule has 0 spiro atoms. The van der Waals surface area contributed by atoms with Crippen molar-refractivity contribution in [3.63, 3.8) is 0 Å². The average Bonchev–Trinajstić information content (AvgIpc) is 2.77. The first-order chi connectivity index (χ1) is 12.3. The Hall–Kier alpha value is 0.230. The molecule has 2 aliphatic rings. The summed E-state index contributed by atoms with van der Waals surface area (Å²) in [5.74, 6) is 0. The van der Waals surface area contributed by atoms with Crippen molar-refractivity contribution >= 4 is 8.53 Å². The van der Waals surface area contributed by atoms with E-state index in [2.05, 4.69) is 84.4 Å². The van der Waals surface area contributed by atoms with Crippen molar-refractivity contribution < 1.29 is 9.05 Å². The average molecular weight is 402 g/mol. The van der Waals surface area contributed by atoms with Crippen LogP contribution in [0, 0.1) is 0 Å². The van der Waals surface area contributed by atoms with Crippen LogP contribution < -0.4 is 5.32 Å². The van der Waals surface area contributed by atoms with Gasteiger partial charge >= 0.3 is 0 Å². The van der Waals surface area contributed by atoms with Gasteiger partial charge in [0.1, 0.15) is 11.2 Å². The zero-order valence-electron chi connectivity index (χ0n) is 19.5. The highest BCUT2D eigenvalue weighted by atomic mass is 31.2. The highest BCUT2D eigenvalue weighted by Gasteiger charge is 2.57. The van der Waals surface area contributed by atoms with Gasteiger partial charge in [-0.2, -0.15) is 0 Å². The van der Waals surface area contributed by atoms with Gasteiger partial charge in [0.15, 0.2) is 0 Å². The quantitative estimate of drug-likeness (QED) is 0.622. The molecule has 1 N–H and O–H groups in total. The fourth-order valence-corrected chi connectivity index (χ4v) is 6.98. The van der Waals surface area contributed by atoms with Gasteiger partial charge in [-0.1, -0.05) is 13.8 Å². The largest absolute Gasteiger partial charge is 0.312 e. The molecule has 2 aliphatic heterocycles. The summed E-state index contributed by atoms with van der Waals surface area (Å²) in [4.78, 5) is 2.26. The van der Waals surface area contributed by atoms with Gasteiger partial charge in [-0.25, -0.2) is 4.67 Å². The third kappa shape index (κ3) is 5.24. The van der Waals surface area contributed by atoms with E-state index in [4.69, 9.17) is 9.05 Å². The Morgan fingerprint density at radius 1 is 0.852 bits per heavy atom. The first kappa shape index (κ1) is 23.5. The molecule has 0 saturated carbocycles. The Labute approximate surface area is 169 Å². The van der Waals surface area contributed by atoms with Crippen molar-refractivity contribution in [1.29, 1.82) is 0 Å². The monoisotopic (exact) mass is 401 g/mol. The van der Waals surface area contributed by atoms with E-state index in [1.807, 2.05) is 0 Å². The lowest BCUT2D eigenvalue weighted by Gasteiger charge is -2.50. The van der Waals surface area contributed by atoms with Crippen molar-refractivity contribution in [2.24, 2.45) is 0 Å². The van der Waals surface area contributed by atoms with Crippen LogP contribution in [0.5, 0.6) is 0 Å². The van der Waals surface area contributed by atoms with E-state index in [1.54, 1.807) is 0 Å². The fourth-order valence-electron chi connectivity index (χ4n) is 4.72. The third-order valence-electron chi connectivity index (χ3n) is 6.60. The second-order valence-corrected chi connectivity index (χ2v) is 11.9. The van der Waals surface area contributed by atoms with Crippen molar-refractivity contribution in [2.45, 2.75) is 109 Å². The Kier molecular flexibility index (Phi) is 7.11. The molecular weight excluding hydrogens is 357 g/mol. The van der Waals surface area contributed by atoms with Crippen LogP contribution in [0.2, 0.25) is 0 Å². The second-order valence-electron chi connectivity index (χ2n) is 10.5. The first-order valence-corrected chi connectivity index (χ1v) is 11.8. The molecule has 0 aromatic rings. The van der Waals surface area contributed by atoms with Crippen LogP contribution in [-0.4, -0.2) is 65.1 Å². The van der Waals surface area contributed by atoms with Crippen molar-refractivity contribution in [1.82, 2.24) is 14.9 Å². The van der Waals surface area contributed by atoms with E-state index in [0.717, 1.165) is 38.8 Å². The second kappa shape index (κ2) is 8.16. The lowest BCUT2D eigenvalue weighted by Crippen LogP contribution is -2.61. The lowest BCUT2D eigenvalue weighted by atomic mass is 9.79. The number of rotatable bonds is 7. The minimum Gasteiger partial charge on any atom is -0.312 e. The Bertz CT molecular complexity index is 480. The summed E-state index contributed by atoms with van der Waals surface area (Å²) in [6.45, 7) is 20.2. The number of hydrogen-bond acceptors (Lipinski definition) is 5. The molecule has 0 aliphatic carbocycles. The molecule has 0 bridgehead atoms. The highest BCUT2D eigenvalue weighted by molar-refractivity contribution is 7.45. The van der Waals surface area contributed by atoms with Crippen LogP contribution in [0.15, 0.2) is 0 Å². The SMILES string of the molecule is CCC1(C)OP(N(CCN(C)C)C2CC(C)(C)NC(C)(C)C2)OC1(C)CC. The summed E-state index contributed by atoms with van der Waals surface area (Å²) in [6.07, 6.45) is 4.17. The molecule has 5 nitrogen and oxygen atoms in total. The number of likely N-dealkylation sites (N-methyl/N-ethyl adjacent to an activating group) is 1. The lowest BCUT2D eigenvalue weighted by molar-refractivity contribution is -0.0281. The zero-order valence-corrected chi connectivity index (χ0v) is 20.4. The maximum Gasteiger partial charge on any atom is 0.260 e. The molecule has 2 fully saturated rings. The number of nitrogens with zero attached hydrogens (tertiary/aromatic N) is 2. The summed E-state index contributed by atoms with van der Waals surface area (Å²) in [7, 11) is 3.23. The summed E-state index contributed by atoms with van der Waals surface area (Å²) in [5, 5.41) is 3.82. The maximum atomic E-state index is 6.72. The minimum atomic E-state index is -1.05. The van der Waals surface area contributed by atoms with E-state index >= 15 is 0 Å². The van der Waals surface area contributed by atoms with Gasteiger partial charge in [0.25, 0.3) is 8.53 Å². The maximum absolute atomic E-state index is 6.72. The van der Waals surface area contributed by atoms with E-state index in [0.29, 0.717) is 6.04 Å². The molecule has 2 heterocycles. The van der Waals surface area contributed by atoms with E-state index in [9.17, 15) is 0 Å². The van der Waals surface area contributed by atoms with Crippen LogP contribution in [0.25, 0.3) is 0 Å². The van der Waals surface area contributed by atoms with Gasteiger partial charge in [0.05, 0.1) is 0 Å². The van der Waals surface area contributed by atoms with Gasteiger partial charge in [-0.05, 0) is 81.3 Å². The predicted octanol–water partition coefficient (Wildman–Crippen LogP) is 4.77. The summed E-state index contributed by atoms with van der Waals surface area (Å²) in [5.41, 5.74) is -0.219. The number of hydrogen-bond donors (Lipinski definition) is 1. The normalized spacial score (nSPS) is 36.7. The molecule has 2 rings (SSSR count). The van der Waals surface area contributed by atoms with Crippen LogP contribution in [0.1, 0.15) is 81.1 Å². The van der Waals surface area contributed by atoms with E-state index < -0.39 is 8.53 Å². The van der Waals surface area contributed by atoms with Gasteiger partial charge in [0.2, 0.25) is 0 Å². The Morgan fingerprint density at radius 2 is 1.30 bits per heavy atom. The molecule has 2 unspecified atom stereocenters. The van der Waals surface area contributed by atoms with Crippen LogP contribution in [-0.2, 0) is 9.05 Å². The minimum absolute atomic E-state index is 0.111. The van der Waals surface area contributed by atoms with Crippen LogP contribution in [0.3, 0.4) is 0 Å². The van der Waals surface area contributed by atoms with Gasteiger partial charge in [0, 0.05) is 30.2 Å². The topological polar surface area (TPSA) is 37.0 Å². The van der Waals surface area contributed by atoms with E-state index in [-0.39, 0.29) is 22.3 Å². The van der Waals surface area contributed by atoms with Crippen molar-refractivity contribution in [3.05, 3.63) is 0 Å². The molecular formula is C21H44N3O2P. The molecule has 0 aromatic heterocycles. The van der Waals surface area contributed by atoms with Crippen molar-refractivity contribution in [3.8, 4) is 0 Å². The van der Waals surface area contributed by atoms with Gasteiger partial charge in [-0.15, -0.1) is 0 Å². The Balaban J connectivity index is 2.30. The molecule has 160 valence electrons. The zero-order chi connectivity index (χ0) is 20.7. The number of piperidine rings is 1. The molecule has 2 atom stereocenters. The fraction of sp³-hybridized carbons (Fsp3) is 1.00. The van der Waals surface area contributed by atoms with Gasteiger partial charge in [-0.3, -0.25) is 0 Å². The molecule has 0 amide bonds.